The van der Waals surface area contributed by atoms with Crippen LogP contribution in [0.25, 0.3) is 6.08 Å². The molecule has 2 atom stereocenters. The first kappa shape index (κ1) is 83.1. The minimum absolute atomic E-state index is 0.00849. The molecule has 2 unspecified atom stereocenters. The maximum Gasteiger partial charge on any atom is 0.446 e. The molecule has 0 aromatic heterocycles. The van der Waals surface area contributed by atoms with Crippen molar-refractivity contribution in [2.24, 2.45) is 11.8 Å². The Hall–Kier alpha value is -8.20. The number of hydrogen-bond donors (Lipinski definition) is 3. The van der Waals surface area contributed by atoms with Gasteiger partial charge in [0.15, 0.2) is 23.1 Å². The number of carbonyl (C=O) groups excluding carboxylic acids is 5. The monoisotopic (exact) mass is 1590 g/mol. The topological polar surface area (TPSA) is 224 Å². The molecule has 4 aliphatic carbocycles. The lowest BCUT2D eigenvalue weighted by Crippen LogP contribution is -2.12. The standard InChI is InChI=1S/C19H17F3O4S2.C17H13F3O2S.C17H11F3O2S.C9H8O2.C8H5F3OS.C2H5ClO2S/c1-2-28(24,25)26-15-5-8-17-13(11-15)10-14(18(17)23)9-12-3-6-16(7-4-12)27-19(20,21)22;2*18-17(19,20)23-14-4-1-10(2-5-14)7-12-8-11-9-13(21)3-6-15(11)16(12)22;10-7-2-3-8-6(5-7)1-4-9(8)11;9-8(10,11)13-7-3-1-6(5-12)2-4-7;1-2-6(3,4)5/h3-8,11,14H,2,9-10H2,1H3;1-6,9,12,21H,7-8H2;1-7,9,21H,8H2;2-3,5,10H,1,4H2;1-5H;2H2,1H3/b;;12-7+;;;. The van der Waals surface area contributed by atoms with E-state index in [-0.39, 0.29) is 136 Å². The predicted octanol–water partition coefficient (Wildman–Crippen LogP) is 19.3. The lowest BCUT2D eigenvalue weighted by atomic mass is 9.96. The fourth-order valence-electron chi connectivity index (χ4n) is 10.6. The van der Waals surface area contributed by atoms with Crippen LogP contribution in [-0.4, -0.2) is 95.1 Å². The van der Waals surface area contributed by atoms with Crippen LogP contribution in [0.5, 0.6) is 23.0 Å². The van der Waals surface area contributed by atoms with Crippen LogP contribution < -0.4 is 4.18 Å². The highest BCUT2D eigenvalue weighted by Gasteiger charge is 2.35. The highest BCUT2D eigenvalue weighted by Crippen LogP contribution is 2.42. The van der Waals surface area contributed by atoms with E-state index in [9.17, 15) is 104 Å². The number of thioether (sulfide) groups is 4. The number of aromatic hydroxyl groups is 3. The Morgan fingerprint density at radius 1 is 0.462 bits per heavy atom. The van der Waals surface area contributed by atoms with Crippen molar-refractivity contribution in [2.75, 3.05) is 11.5 Å². The van der Waals surface area contributed by atoms with Gasteiger partial charge in [0, 0.05) is 88.3 Å². The number of phenolic OH excluding ortho intramolecular Hbond substituents is 3. The number of phenols is 3. The summed E-state index contributed by atoms with van der Waals surface area (Å²) in [4.78, 5) is 58.9. The molecule has 4 aliphatic rings. The summed E-state index contributed by atoms with van der Waals surface area (Å²) < 4.78 is 194. The highest BCUT2D eigenvalue weighted by atomic mass is 35.7. The average Bonchev–Trinajstić information content (AvgIpc) is 1.66. The molecule has 552 valence electrons. The van der Waals surface area contributed by atoms with Crippen LogP contribution >= 0.6 is 57.7 Å². The van der Waals surface area contributed by atoms with Crippen LogP contribution in [-0.2, 0) is 57.7 Å². The number of carbonyl (C=O) groups is 5. The molecule has 0 aliphatic heterocycles. The summed E-state index contributed by atoms with van der Waals surface area (Å²) >= 11 is -0.697. The molecule has 0 radical (unpaired) electrons. The number of benzene rings is 8. The number of halogens is 13. The molecule has 12 rings (SSSR count). The maximum atomic E-state index is 12.6. The first-order chi connectivity index (χ1) is 48.5. The Bertz CT molecular complexity index is 4670. The maximum absolute atomic E-state index is 12.6. The number of aryl methyl sites for hydroxylation is 1. The number of aldehydes is 1. The number of allylic oxidation sites excluding steroid dienone is 1. The van der Waals surface area contributed by atoms with E-state index < -0.39 is 41.2 Å². The Kier molecular flexibility index (Phi) is 28.5. The van der Waals surface area contributed by atoms with Gasteiger partial charge in [0.05, 0.1) is 11.5 Å². The molecule has 0 heterocycles. The van der Waals surface area contributed by atoms with Gasteiger partial charge in [-0.1, -0.05) is 55.5 Å². The van der Waals surface area contributed by atoms with Crippen molar-refractivity contribution in [3.63, 3.8) is 0 Å². The molecule has 104 heavy (non-hydrogen) atoms. The number of ketones is 4. The average molecular weight is 1590 g/mol. The van der Waals surface area contributed by atoms with E-state index in [0.717, 1.165) is 39.8 Å². The zero-order valence-corrected chi connectivity index (χ0v) is 59.8. The van der Waals surface area contributed by atoms with E-state index in [0.29, 0.717) is 83.8 Å². The van der Waals surface area contributed by atoms with Crippen LogP contribution in [0.15, 0.2) is 195 Å². The van der Waals surface area contributed by atoms with E-state index in [4.69, 9.17) is 9.29 Å². The van der Waals surface area contributed by atoms with Crippen molar-refractivity contribution in [1.29, 1.82) is 0 Å². The van der Waals surface area contributed by atoms with Gasteiger partial charge in [0.1, 0.15) is 29.3 Å². The van der Waals surface area contributed by atoms with Crippen molar-refractivity contribution >= 4 is 112 Å². The SMILES string of the molecule is CCS(=O)(=O)Cl.CCS(=O)(=O)Oc1ccc2c(c1)CC(Cc1ccc(SC(F)(F)F)cc1)C2=O.O=C1/C(=C/c2ccc(SC(F)(F)F)cc2)Cc2cc(O)ccc21.O=C1CCc2cc(O)ccc21.O=C1c2ccc(O)cc2CC1Cc1ccc(SC(F)(F)F)cc1.O=Cc1ccc(SC(F)(F)F)cc1. The van der Waals surface area contributed by atoms with Gasteiger partial charge in [-0.15, -0.1) is 0 Å². The summed E-state index contributed by atoms with van der Waals surface area (Å²) in [5, 5.41) is 28.0. The molecule has 3 N–H and O–H groups in total. The number of rotatable bonds is 14. The number of hydrogen-bond acceptors (Lipinski definition) is 17. The second kappa shape index (κ2) is 35.7. The van der Waals surface area contributed by atoms with Gasteiger partial charge in [-0.3, -0.25) is 24.0 Å². The molecule has 32 heteroatoms. The van der Waals surface area contributed by atoms with E-state index in [1.807, 2.05) is 0 Å². The number of fused-ring (bicyclic) bond motifs is 4. The largest absolute Gasteiger partial charge is 0.508 e. The minimum atomic E-state index is -4.34. The fraction of sp³-hybridized carbons (Fsp3) is 0.236. The van der Waals surface area contributed by atoms with Crippen molar-refractivity contribution in [3.8, 4) is 23.0 Å². The highest BCUT2D eigenvalue weighted by molar-refractivity contribution is 8.13. The van der Waals surface area contributed by atoms with Gasteiger partial charge in [-0.05, 0) is 252 Å². The lowest BCUT2D eigenvalue weighted by molar-refractivity contribution is -0.0337. The van der Waals surface area contributed by atoms with Crippen LogP contribution in [0.2, 0.25) is 0 Å². The molecular formula is C72H59ClF12O13S6. The second-order valence-electron chi connectivity index (χ2n) is 22.9. The van der Waals surface area contributed by atoms with Gasteiger partial charge in [0.2, 0.25) is 9.05 Å². The van der Waals surface area contributed by atoms with Crippen LogP contribution in [0.1, 0.15) is 111 Å². The van der Waals surface area contributed by atoms with E-state index in [1.165, 1.54) is 92.7 Å². The molecular weight excluding hydrogens is 1530 g/mol. The first-order valence-corrected chi connectivity index (χ1v) is 38.0. The molecule has 8 aromatic carbocycles. The molecule has 0 fully saturated rings. The zero-order chi connectivity index (χ0) is 76.7. The minimum Gasteiger partial charge on any atom is -0.508 e. The summed E-state index contributed by atoms with van der Waals surface area (Å²) in [5.41, 5.74) is -8.29. The van der Waals surface area contributed by atoms with E-state index in [1.54, 1.807) is 97.1 Å². The van der Waals surface area contributed by atoms with Gasteiger partial charge in [-0.25, -0.2) is 8.42 Å². The zero-order valence-electron chi connectivity index (χ0n) is 54.1. The quantitative estimate of drug-likeness (QED) is 0.0230. The molecule has 13 nitrogen and oxygen atoms in total. The molecule has 0 spiro atoms. The summed E-state index contributed by atoms with van der Waals surface area (Å²) in [5.74, 6) is -0.0284. The Morgan fingerprint density at radius 3 is 1.23 bits per heavy atom. The van der Waals surface area contributed by atoms with Gasteiger partial charge < -0.3 is 19.5 Å². The Morgan fingerprint density at radius 2 is 0.827 bits per heavy atom. The smallest absolute Gasteiger partial charge is 0.446 e. The third-order valence-corrected chi connectivity index (χ3v) is 20.7. The summed E-state index contributed by atoms with van der Waals surface area (Å²) in [7, 11) is -2.15. The number of alkyl halides is 12. The van der Waals surface area contributed by atoms with Gasteiger partial charge in [0.25, 0.3) is 0 Å². The molecule has 0 bridgehead atoms. The van der Waals surface area contributed by atoms with E-state index in [2.05, 4.69) is 10.7 Å². The third-order valence-electron chi connectivity index (χ3n) is 15.3. The molecule has 0 saturated carbocycles. The molecule has 8 aromatic rings. The molecule has 0 amide bonds. The van der Waals surface area contributed by atoms with Crippen LogP contribution in [0.3, 0.4) is 0 Å². The summed E-state index contributed by atoms with van der Waals surface area (Å²) in [6, 6.07) is 41.9. The second-order valence-corrected chi connectivity index (χ2v) is 32.4. The van der Waals surface area contributed by atoms with Gasteiger partial charge in [-0.2, -0.15) is 61.1 Å². The van der Waals surface area contributed by atoms with Gasteiger partial charge >= 0.3 is 32.2 Å². The van der Waals surface area contributed by atoms with Crippen LogP contribution in [0.4, 0.5) is 52.7 Å². The fourth-order valence-corrected chi connectivity index (χ4v) is 13.3. The van der Waals surface area contributed by atoms with Crippen molar-refractivity contribution < 1.29 is 113 Å². The Balaban J connectivity index is 0.000000184. The lowest BCUT2D eigenvalue weighted by Gasteiger charge is -2.09. The van der Waals surface area contributed by atoms with Crippen LogP contribution in [0, 0.1) is 11.8 Å². The molecule has 0 saturated heterocycles. The summed E-state index contributed by atoms with van der Waals surface area (Å²) in [6.45, 7) is 2.96. The number of Topliss-reactive ketones (excluding diaryl/α,β-unsaturated/α-hetero) is 4. The van der Waals surface area contributed by atoms with E-state index >= 15 is 0 Å². The van der Waals surface area contributed by atoms with Crippen molar-refractivity contribution in [2.45, 2.75) is 100 Å². The Labute approximate surface area is 610 Å². The summed E-state index contributed by atoms with van der Waals surface area (Å²) in [6.07, 6.45) is 5.88. The van der Waals surface area contributed by atoms with Crippen molar-refractivity contribution in [1.82, 2.24) is 0 Å². The van der Waals surface area contributed by atoms with Crippen molar-refractivity contribution in [3.05, 3.63) is 242 Å². The third kappa shape index (κ3) is 26.7. The first-order valence-electron chi connectivity index (χ1n) is 30.7. The predicted molar refractivity (Wildman–Crippen MR) is 374 cm³/mol. The normalized spacial score (nSPS) is 15.6.